The number of halogens is 1. The van der Waals surface area contributed by atoms with E-state index in [2.05, 4.69) is 0 Å². The average molecular weight is 630 g/mol. The van der Waals surface area contributed by atoms with Gasteiger partial charge in [0.2, 0.25) is 0 Å². The van der Waals surface area contributed by atoms with Crippen molar-refractivity contribution in [2.24, 2.45) is 0 Å². The number of ketones is 1. The third-order valence-corrected chi connectivity index (χ3v) is 7.79. The van der Waals surface area contributed by atoms with Gasteiger partial charge >= 0.3 is 12.1 Å². The maximum atomic E-state index is 15.5. The van der Waals surface area contributed by atoms with Gasteiger partial charge in [0, 0.05) is 42.1 Å². The Morgan fingerprint density at radius 2 is 1.70 bits per heavy atom. The second-order valence-electron chi connectivity index (χ2n) is 11.1. The topological polar surface area (TPSA) is 118 Å². The van der Waals surface area contributed by atoms with E-state index in [1.165, 1.54) is 13.2 Å². The van der Waals surface area contributed by atoms with Crippen LogP contribution < -0.4 is 14.2 Å². The molecule has 0 unspecified atom stereocenters. The molecule has 0 atom stereocenters. The molecular formula is C32H36FNO9S. The molecule has 44 heavy (non-hydrogen) atoms. The predicted octanol–water partition coefficient (Wildman–Crippen LogP) is 6.49. The zero-order valence-electron chi connectivity index (χ0n) is 25.5. The first kappa shape index (κ1) is 32.7. The number of hydrogen-bond acceptors (Lipinski definition) is 10. The van der Waals surface area contributed by atoms with Gasteiger partial charge in [0.05, 0.1) is 43.8 Å². The van der Waals surface area contributed by atoms with Crippen molar-refractivity contribution >= 4 is 45.6 Å². The van der Waals surface area contributed by atoms with Crippen molar-refractivity contribution in [1.29, 1.82) is 0 Å². The third kappa shape index (κ3) is 7.85. The van der Waals surface area contributed by atoms with E-state index in [0.29, 0.717) is 46.7 Å². The minimum Gasteiger partial charge on any atom is -0.493 e. The molecular weight excluding hydrogens is 593 g/mol. The lowest BCUT2D eigenvalue weighted by Gasteiger charge is -2.24. The van der Waals surface area contributed by atoms with Crippen LogP contribution in [-0.4, -0.2) is 61.6 Å². The molecule has 4 rings (SSSR count). The van der Waals surface area contributed by atoms with Crippen LogP contribution in [0, 0.1) is 5.82 Å². The van der Waals surface area contributed by atoms with Gasteiger partial charge in [0.25, 0.3) is 0 Å². The first-order valence-corrected chi connectivity index (χ1v) is 15.1. The molecule has 10 nitrogen and oxygen atoms in total. The Morgan fingerprint density at radius 3 is 2.36 bits per heavy atom. The fourth-order valence-corrected chi connectivity index (χ4v) is 5.68. The summed E-state index contributed by atoms with van der Waals surface area (Å²) in [7, 11) is 1.40. The summed E-state index contributed by atoms with van der Waals surface area (Å²) in [6.07, 6.45) is 0.552. The van der Waals surface area contributed by atoms with E-state index in [-0.39, 0.29) is 55.3 Å². The lowest BCUT2D eigenvalue weighted by atomic mass is 10.1. The van der Waals surface area contributed by atoms with Gasteiger partial charge in [-0.15, -0.1) is 11.3 Å². The Morgan fingerprint density at radius 1 is 1.00 bits per heavy atom. The van der Waals surface area contributed by atoms with Gasteiger partial charge in [0.15, 0.2) is 29.4 Å². The molecule has 0 fully saturated rings. The summed E-state index contributed by atoms with van der Waals surface area (Å²) in [5.41, 5.74) is 1.46. The predicted molar refractivity (Wildman–Crippen MR) is 161 cm³/mol. The van der Waals surface area contributed by atoms with E-state index in [4.69, 9.17) is 23.7 Å². The smallest absolute Gasteiger partial charge is 0.410 e. The highest BCUT2D eigenvalue weighted by molar-refractivity contribution is 7.20. The number of nitrogens with zero attached hydrogens (tertiary/aromatic N) is 1. The van der Waals surface area contributed by atoms with Gasteiger partial charge in [-0.3, -0.25) is 19.3 Å². The van der Waals surface area contributed by atoms with Crippen molar-refractivity contribution in [3.05, 3.63) is 51.7 Å². The highest BCUT2D eigenvalue weighted by Gasteiger charge is 2.29. The molecule has 0 aliphatic carbocycles. The van der Waals surface area contributed by atoms with Crippen molar-refractivity contribution in [2.75, 3.05) is 26.9 Å². The number of carbonyl (C=O) groups excluding carboxylic acids is 4. The molecule has 1 aromatic heterocycles. The van der Waals surface area contributed by atoms with E-state index in [9.17, 15) is 19.2 Å². The van der Waals surface area contributed by atoms with E-state index < -0.39 is 23.5 Å². The first-order valence-electron chi connectivity index (χ1n) is 14.3. The molecule has 2 heterocycles. The molecule has 236 valence electrons. The second kappa shape index (κ2) is 14.1. The summed E-state index contributed by atoms with van der Waals surface area (Å²) < 4.78 is 43.3. The van der Waals surface area contributed by atoms with Crippen molar-refractivity contribution < 1.29 is 47.3 Å². The van der Waals surface area contributed by atoms with Gasteiger partial charge in [-0.25, -0.2) is 9.18 Å². The fourth-order valence-electron chi connectivity index (χ4n) is 4.63. The standard InChI is InChI=1S/C32H36FNO9S/c1-6-40-28(37)9-8-23(36)27-14-22-26(44-27)15-25(39-5)30(29(22)33)42-11-7-10-41-24-13-20-17-34(31(38)43-32(2,3)4)16-19(20)12-21(24)18-35/h12-15,18H,6-11,16-17H2,1-5H3. The Balaban J connectivity index is 1.36. The Hall–Kier alpha value is -4.19. The van der Waals surface area contributed by atoms with Gasteiger partial charge in [0.1, 0.15) is 11.4 Å². The number of methoxy groups -OCH3 is 1. The Kier molecular flexibility index (Phi) is 10.5. The number of aldehydes is 1. The van der Waals surface area contributed by atoms with Crippen LogP contribution in [0.3, 0.4) is 0 Å². The summed E-state index contributed by atoms with van der Waals surface area (Å²) >= 11 is 1.11. The maximum absolute atomic E-state index is 15.5. The van der Waals surface area contributed by atoms with Crippen LogP contribution in [0.2, 0.25) is 0 Å². The van der Waals surface area contributed by atoms with Crippen LogP contribution in [0.5, 0.6) is 17.2 Å². The lowest BCUT2D eigenvalue weighted by molar-refractivity contribution is -0.143. The second-order valence-corrected chi connectivity index (χ2v) is 12.2. The normalized spacial score (nSPS) is 12.5. The SMILES string of the molecule is CCOC(=O)CCC(=O)c1cc2c(F)c(OCCCOc3cc4c(cc3C=O)CN(C(=O)OC(C)(C)C)C4)c(OC)cc2s1. The minimum absolute atomic E-state index is 0.0359. The summed E-state index contributed by atoms with van der Waals surface area (Å²) in [6.45, 7) is 8.27. The number of thiophene rings is 1. The molecule has 3 aromatic rings. The molecule has 1 amide bonds. The number of Topliss-reactive ketones (excluding diaryl/α,β-unsaturated/α-hetero) is 1. The van der Waals surface area contributed by atoms with Crippen LogP contribution >= 0.6 is 11.3 Å². The number of rotatable bonds is 13. The third-order valence-electron chi connectivity index (χ3n) is 6.66. The number of benzene rings is 2. The van der Waals surface area contributed by atoms with Crippen LogP contribution in [0.4, 0.5) is 9.18 Å². The molecule has 0 N–H and O–H groups in total. The monoisotopic (exact) mass is 629 g/mol. The zero-order valence-corrected chi connectivity index (χ0v) is 26.3. The number of esters is 1. The largest absolute Gasteiger partial charge is 0.493 e. The zero-order chi connectivity index (χ0) is 32.0. The number of fused-ring (bicyclic) bond motifs is 2. The molecule has 0 spiro atoms. The highest BCUT2D eigenvalue weighted by atomic mass is 32.1. The van der Waals surface area contributed by atoms with Gasteiger partial charge in [-0.2, -0.15) is 0 Å². The summed E-state index contributed by atoms with van der Waals surface area (Å²) in [5, 5.41) is 0.218. The number of ether oxygens (including phenoxy) is 5. The van der Waals surface area contributed by atoms with Gasteiger partial charge in [-0.05, 0) is 57.0 Å². The fraction of sp³-hybridized carbons (Fsp3) is 0.438. The first-order chi connectivity index (χ1) is 20.9. The van der Waals surface area contributed by atoms with Crippen LogP contribution in [0.15, 0.2) is 24.3 Å². The molecule has 0 saturated heterocycles. The number of carbonyl (C=O) groups is 4. The summed E-state index contributed by atoms with van der Waals surface area (Å²) in [4.78, 5) is 50.3. The van der Waals surface area contributed by atoms with Crippen LogP contribution in [0.25, 0.3) is 10.1 Å². The van der Waals surface area contributed by atoms with Crippen molar-refractivity contribution in [1.82, 2.24) is 4.90 Å². The van der Waals surface area contributed by atoms with Gasteiger partial charge in [-0.1, -0.05) is 0 Å². The quantitative estimate of drug-likeness (QED) is 0.0905. The van der Waals surface area contributed by atoms with E-state index in [0.717, 1.165) is 22.5 Å². The van der Waals surface area contributed by atoms with Crippen LogP contribution in [-0.2, 0) is 27.4 Å². The Labute approximate surface area is 259 Å². The van der Waals surface area contributed by atoms with E-state index >= 15 is 4.39 Å². The van der Waals surface area contributed by atoms with Crippen molar-refractivity contribution in [3.8, 4) is 17.2 Å². The summed E-state index contributed by atoms with van der Waals surface area (Å²) in [5.74, 6) is -0.920. The van der Waals surface area contributed by atoms with E-state index in [1.54, 1.807) is 50.8 Å². The number of amides is 1. The molecule has 2 aromatic carbocycles. The number of hydrogen-bond donors (Lipinski definition) is 0. The maximum Gasteiger partial charge on any atom is 0.410 e. The molecule has 0 bridgehead atoms. The van der Waals surface area contributed by atoms with Crippen LogP contribution in [0.1, 0.15) is 78.1 Å². The lowest BCUT2D eigenvalue weighted by Crippen LogP contribution is -2.33. The van der Waals surface area contributed by atoms with Crippen molar-refractivity contribution in [2.45, 2.75) is 65.6 Å². The average Bonchev–Trinajstić information content (AvgIpc) is 3.60. The Bertz CT molecular complexity index is 1560. The molecule has 1 aliphatic heterocycles. The van der Waals surface area contributed by atoms with Crippen molar-refractivity contribution in [3.63, 3.8) is 0 Å². The molecule has 1 aliphatic rings. The van der Waals surface area contributed by atoms with E-state index in [1.807, 2.05) is 0 Å². The molecule has 12 heteroatoms. The minimum atomic E-state index is -0.655. The molecule has 0 radical (unpaired) electrons. The molecule has 0 saturated carbocycles. The highest BCUT2D eigenvalue weighted by Crippen LogP contribution is 2.40. The summed E-state index contributed by atoms with van der Waals surface area (Å²) in [6, 6.07) is 6.53. The van der Waals surface area contributed by atoms with Gasteiger partial charge < -0.3 is 23.7 Å².